The molecule has 0 saturated carbocycles. The van der Waals surface area contributed by atoms with Gasteiger partial charge in [-0.05, 0) is 36.8 Å². The van der Waals surface area contributed by atoms with Crippen LogP contribution in [0.2, 0.25) is 0 Å². The van der Waals surface area contributed by atoms with Gasteiger partial charge in [-0.25, -0.2) is 0 Å². The Hall–Kier alpha value is -1.49. The molecule has 1 heterocycles. The van der Waals surface area contributed by atoms with E-state index >= 15 is 0 Å². The molecule has 1 aliphatic heterocycles. The van der Waals surface area contributed by atoms with Crippen LogP contribution in [0, 0.1) is 17.2 Å². The van der Waals surface area contributed by atoms with E-state index in [4.69, 9.17) is 0 Å². The van der Waals surface area contributed by atoms with Crippen LogP contribution in [0.3, 0.4) is 0 Å². The fraction of sp³-hybridized carbons (Fsp3) is 0.533. The minimum Gasteiger partial charge on any atom is -0.356 e. The fourth-order valence-electron chi connectivity index (χ4n) is 2.86. The molecule has 0 amide bonds. The SMILES string of the molecule is CC1CC(C)C(C)(C#N)N(C)c2ccccc21. The lowest BCUT2D eigenvalue weighted by Crippen LogP contribution is -2.47. The summed E-state index contributed by atoms with van der Waals surface area (Å²) in [5, 5.41) is 9.54. The molecular weight excluding hydrogens is 208 g/mol. The minimum atomic E-state index is -0.416. The first-order chi connectivity index (χ1) is 8.00. The van der Waals surface area contributed by atoms with Gasteiger partial charge in [-0.15, -0.1) is 0 Å². The molecule has 3 unspecified atom stereocenters. The first-order valence-corrected chi connectivity index (χ1v) is 6.24. The highest BCUT2D eigenvalue weighted by Crippen LogP contribution is 2.42. The van der Waals surface area contributed by atoms with Gasteiger partial charge in [0.1, 0.15) is 5.54 Å². The lowest BCUT2D eigenvalue weighted by molar-refractivity contribution is 0.353. The van der Waals surface area contributed by atoms with E-state index in [1.165, 1.54) is 11.3 Å². The molecule has 0 spiro atoms. The van der Waals surface area contributed by atoms with Crippen LogP contribution in [-0.4, -0.2) is 12.6 Å². The molecule has 2 nitrogen and oxygen atoms in total. The second kappa shape index (κ2) is 4.07. The molecule has 0 bridgehead atoms. The quantitative estimate of drug-likeness (QED) is 0.679. The number of hydrogen-bond acceptors (Lipinski definition) is 2. The van der Waals surface area contributed by atoms with Gasteiger partial charge in [0.05, 0.1) is 6.07 Å². The van der Waals surface area contributed by atoms with Crippen LogP contribution in [0.5, 0.6) is 0 Å². The topological polar surface area (TPSA) is 27.0 Å². The normalized spacial score (nSPS) is 32.5. The Bertz CT molecular complexity index is 460. The van der Waals surface area contributed by atoms with Gasteiger partial charge in [0, 0.05) is 12.7 Å². The van der Waals surface area contributed by atoms with Crippen molar-refractivity contribution in [2.75, 3.05) is 11.9 Å². The molecule has 1 aliphatic rings. The van der Waals surface area contributed by atoms with Gasteiger partial charge in [0.2, 0.25) is 0 Å². The van der Waals surface area contributed by atoms with E-state index in [2.05, 4.69) is 49.1 Å². The average Bonchev–Trinajstić information content (AvgIpc) is 2.42. The standard InChI is InChI=1S/C15H20N2/c1-11-9-12(2)15(3,10-16)17(4)14-8-6-5-7-13(11)14/h5-8,11-12H,9H2,1-4H3. The van der Waals surface area contributed by atoms with E-state index in [9.17, 15) is 5.26 Å². The summed E-state index contributed by atoms with van der Waals surface area (Å²) in [5.41, 5.74) is 2.15. The average molecular weight is 228 g/mol. The lowest BCUT2D eigenvalue weighted by atomic mass is 9.82. The van der Waals surface area contributed by atoms with Crippen LogP contribution in [0.15, 0.2) is 24.3 Å². The van der Waals surface area contributed by atoms with Crippen molar-refractivity contribution in [2.45, 2.75) is 38.6 Å². The lowest BCUT2D eigenvalue weighted by Gasteiger charge is -2.37. The Balaban J connectivity index is 2.59. The van der Waals surface area contributed by atoms with E-state index < -0.39 is 5.54 Å². The van der Waals surface area contributed by atoms with Crippen molar-refractivity contribution < 1.29 is 0 Å². The second-order valence-corrected chi connectivity index (χ2v) is 5.41. The predicted octanol–water partition coefficient (Wildman–Crippen LogP) is 3.55. The highest BCUT2D eigenvalue weighted by atomic mass is 15.2. The summed E-state index contributed by atoms with van der Waals surface area (Å²) in [5.74, 6) is 0.874. The van der Waals surface area contributed by atoms with Crippen molar-refractivity contribution in [1.82, 2.24) is 0 Å². The summed E-state index contributed by atoms with van der Waals surface area (Å²) in [6.45, 7) is 6.49. The molecule has 0 aliphatic carbocycles. The van der Waals surface area contributed by atoms with Crippen molar-refractivity contribution in [3.05, 3.63) is 29.8 Å². The maximum atomic E-state index is 9.54. The number of benzene rings is 1. The molecule has 0 radical (unpaired) electrons. The number of hydrogen-bond donors (Lipinski definition) is 0. The maximum absolute atomic E-state index is 9.54. The summed E-state index contributed by atoms with van der Waals surface area (Å²) < 4.78 is 0. The molecule has 2 rings (SSSR count). The fourth-order valence-corrected chi connectivity index (χ4v) is 2.86. The smallest absolute Gasteiger partial charge is 0.127 e. The van der Waals surface area contributed by atoms with E-state index in [0.717, 1.165) is 6.42 Å². The molecule has 2 heteroatoms. The van der Waals surface area contributed by atoms with Crippen molar-refractivity contribution in [1.29, 1.82) is 5.26 Å². The summed E-state index contributed by atoms with van der Waals surface area (Å²) in [7, 11) is 2.04. The Labute approximate surface area is 104 Å². The zero-order valence-corrected chi connectivity index (χ0v) is 11.1. The molecule has 90 valence electrons. The number of para-hydroxylation sites is 1. The van der Waals surface area contributed by atoms with Gasteiger partial charge in [0.25, 0.3) is 0 Å². The van der Waals surface area contributed by atoms with Gasteiger partial charge in [0.15, 0.2) is 0 Å². The van der Waals surface area contributed by atoms with Gasteiger partial charge in [-0.3, -0.25) is 0 Å². The molecule has 17 heavy (non-hydrogen) atoms. The van der Waals surface area contributed by atoms with Gasteiger partial charge in [-0.1, -0.05) is 32.0 Å². The number of fused-ring (bicyclic) bond motifs is 1. The molecule has 0 aromatic heterocycles. The summed E-state index contributed by atoms with van der Waals surface area (Å²) in [4.78, 5) is 2.15. The van der Waals surface area contributed by atoms with Gasteiger partial charge < -0.3 is 4.90 Å². The molecule has 3 atom stereocenters. The third kappa shape index (κ3) is 1.70. The number of anilines is 1. The van der Waals surface area contributed by atoms with Gasteiger partial charge in [-0.2, -0.15) is 5.26 Å². The first kappa shape index (κ1) is 12.0. The Morgan fingerprint density at radius 1 is 1.35 bits per heavy atom. The van der Waals surface area contributed by atoms with Crippen LogP contribution in [0.25, 0.3) is 0 Å². The van der Waals surface area contributed by atoms with Gasteiger partial charge >= 0.3 is 0 Å². The Morgan fingerprint density at radius 2 is 2.00 bits per heavy atom. The van der Waals surface area contributed by atoms with Crippen LogP contribution in [0.4, 0.5) is 5.69 Å². The minimum absolute atomic E-state index is 0.361. The largest absolute Gasteiger partial charge is 0.356 e. The van der Waals surface area contributed by atoms with E-state index in [1.807, 2.05) is 14.0 Å². The molecule has 1 aromatic carbocycles. The first-order valence-electron chi connectivity index (χ1n) is 6.24. The number of nitrogens with zero attached hydrogens (tertiary/aromatic N) is 2. The highest BCUT2D eigenvalue weighted by Gasteiger charge is 2.40. The zero-order chi connectivity index (χ0) is 12.6. The third-order valence-corrected chi connectivity index (χ3v) is 4.42. The third-order valence-electron chi connectivity index (χ3n) is 4.42. The van der Waals surface area contributed by atoms with Crippen LogP contribution in [0.1, 0.15) is 38.7 Å². The second-order valence-electron chi connectivity index (χ2n) is 5.41. The Morgan fingerprint density at radius 3 is 2.65 bits per heavy atom. The van der Waals surface area contributed by atoms with Crippen molar-refractivity contribution in [2.24, 2.45) is 5.92 Å². The highest BCUT2D eigenvalue weighted by molar-refractivity contribution is 5.59. The zero-order valence-electron chi connectivity index (χ0n) is 11.1. The van der Waals surface area contributed by atoms with Crippen molar-refractivity contribution >= 4 is 5.69 Å². The molecule has 1 aromatic rings. The molecular formula is C15H20N2. The summed E-state index contributed by atoms with van der Waals surface area (Å²) in [6, 6.07) is 11.0. The maximum Gasteiger partial charge on any atom is 0.127 e. The predicted molar refractivity (Wildman–Crippen MR) is 71.1 cm³/mol. The summed E-state index contributed by atoms with van der Waals surface area (Å²) in [6.07, 6.45) is 1.06. The van der Waals surface area contributed by atoms with E-state index in [1.54, 1.807) is 0 Å². The molecule has 0 saturated heterocycles. The summed E-state index contributed by atoms with van der Waals surface area (Å²) >= 11 is 0. The number of rotatable bonds is 0. The molecule has 0 N–H and O–H groups in total. The van der Waals surface area contributed by atoms with Crippen LogP contribution < -0.4 is 4.90 Å². The number of nitriles is 1. The van der Waals surface area contributed by atoms with E-state index in [0.29, 0.717) is 11.8 Å². The Kier molecular flexibility index (Phi) is 2.87. The van der Waals surface area contributed by atoms with Crippen LogP contribution >= 0.6 is 0 Å². The van der Waals surface area contributed by atoms with E-state index in [-0.39, 0.29) is 0 Å². The van der Waals surface area contributed by atoms with Crippen LogP contribution in [-0.2, 0) is 0 Å². The van der Waals surface area contributed by atoms with Crippen molar-refractivity contribution in [3.63, 3.8) is 0 Å². The monoisotopic (exact) mass is 228 g/mol. The van der Waals surface area contributed by atoms with Crippen molar-refractivity contribution in [3.8, 4) is 6.07 Å². The molecule has 0 fully saturated rings.